The summed E-state index contributed by atoms with van der Waals surface area (Å²) in [4.78, 5) is 0. The molecule has 1 nitrogen and oxygen atoms in total. The second-order valence-corrected chi connectivity index (χ2v) is 2.48. The van der Waals surface area contributed by atoms with Crippen LogP contribution in [0.4, 0.5) is 0 Å². The monoisotopic (exact) mass is 147 g/mol. The first-order valence-electron chi connectivity index (χ1n) is 3.80. The van der Waals surface area contributed by atoms with E-state index in [1.54, 1.807) is 0 Å². The molecular formula is C10H13N. The minimum Gasteiger partial charge on any atom is -0.368 e. The van der Waals surface area contributed by atoms with Crippen LogP contribution in [-0.2, 0) is 0 Å². The summed E-state index contributed by atoms with van der Waals surface area (Å²) in [5.41, 5.74) is 1.25. The molecule has 0 fully saturated rings. The van der Waals surface area contributed by atoms with Crippen molar-refractivity contribution in [3.63, 3.8) is 0 Å². The highest BCUT2D eigenvalue weighted by Crippen LogP contribution is 1.96. The zero-order chi connectivity index (χ0) is 7.94. The lowest BCUT2D eigenvalue weighted by Gasteiger charge is -1.92. The van der Waals surface area contributed by atoms with Gasteiger partial charge in [-0.2, -0.15) is 0 Å². The highest BCUT2D eigenvalue weighted by atomic mass is 14.8. The topological polar surface area (TPSA) is 12.0 Å². The molecule has 1 heteroatoms. The molecule has 58 valence electrons. The molecule has 0 saturated heterocycles. The Hall–Kier alpha value is -1.24. The normalized spacial score (nSPS) is 30.8. The SMILES string of the molecule is CC1=C/C=C/C/C=C\N\C=C\1. The van der Waals surface area contributed by atoms with Crippen LogP contribution in [0.2, 0.25) is 0 Å². The van der Waals surface area contributed by atoms with Gasteiger partial charge < -0.3 is 5.32 Å². The van der Waals surface area contributed by atoms with E-state index in [4.69, 9.17) is 0 Å². The van der Waals surface area contributed by atoms with Crippen molar-refractivity contribution in [2.45, 2.75) is 13.3 Å². The summed E-state index contributed by atoms with van der Waals surface area (Å²) in [5, 5.41) is 3.05. The molecule has 0 aromatic rings. The van der Waals surface area contributed by atoms with Gasteiger partial charge in [0, 0.05) is 6.20 Å². The van der Waals surface area contributed by atoms with Crippen LogP contribution < -0.4 is 5.32 Å². The molecule has 1 N–H and O–H groups in total. The number of hydrogen-bond acceptors (Lipinski definition) is 1. The first-order chi connectivity index (χ1) is 5.39. The zero-order valence-electron chi connectivity index (χ0n) is 6.75. The zero-order valence-corrected chi connectivity index (χ0v) is 6.75. The Morgan fingerprint density at radius 1 is 1.27 bits per heavy atom. The van der Waals surface area contributed by atoms with E-state index in [-0.39, 0.29) is 0 Å². The Morgan fingerprint density at radius 2 is 2.18 bits per heavy atom. The first-order valence-corrected chi connectivity index (χ1v) is 3.80. The van der Waals surface area contributed by atoms with Crippen molar-refractivity contribution < 1.29 is 0 Å². The molecule has 0 spiro atoms. The molecule has 0 aliphatic carbocycles. The number of allylic oxidation sites excluding steroid dienone is 6. The Balaban J connectivity index is 2.64. The third-order valence-corrected chi connectivity index (χ3v) is 1.42. The van der Waals surface area contributed by atoms with Crippen molar-refractivity contribution in [2.75, 3.05) is 0 Å². The lowest BCUT2D eigenvalue weighted by Crippen LogP contribution is -1.91. The summed E-state index contributed by atoms with van der Waals surface area (Å²) < 4.78 is 0. The Labute approximate surface area is 67.8 Å². The van der Waals surface area contributed by atoms with Gasteiger partial charge in [-0.15, -0.1) is 0 Å². The van der Waals surface area contributed by atoms with Crippen molar-refractivity contribution in [3.05, 3.63) is 48.4 Å². The van der Waals surface area contributed by atoms with Crippen LogP contribution in [-0.4, -0.2) is 0 Å². The largest absolute Gasteiger partial charge is 0.368 e. The van der Waals surface area contributed by atoms with Crippen LogP contribution in [0.1, 0.15) is 13.3 Å². The van der Waals surface area contributed by atoms with E-state index in [2.05, 4.69) is 36.5 Å². The average Bonchev–Trinajstić information content (AvgIpc) is 2.03. The average molecular weight is 147 g/mol. The molecular weight excluding hydrogens is 134 g/mol. The van der Waals surface area contributed by atoms with Gasteiger partial charge in [0.05, 0.1) is 0 Å². The Kier molecular flexibility index (Phi) is 3.26. The van der Waals surface area contributed by atoms with Crippen LogP contribution in [0.25, 0.3) is 0 Å². The van der Waals surface area contributed by atoms with Gasteiger partial charge in [-0.05, 0) is 31.2 Å². The molecule has 0 radical (unpaired) electrons. The van der Waals surface area contributed by atoms with Crippen LogP contribution in [0.3, 0.4) is 0 Å². The van der Waals surface area contributed by atoms with Gasteiger partial charge in [-0.1, -0.05) is 24.3 Å². The van der Waals surface area contributed by atoms with Crippen molar-refractivity contribution in [1.82, 2.24) is 5.32 Å². The molecule has 0 atom stereocenters. The number of nitrogens with one attached hydrogen (secondary N) is 1. The molecule has 1 aliphatic heterocycles. The lowest BCUT2D eigenvalue weighted by molar-refractivity contribution is 1.16. The van der Waals surface area contributed by atoms with Crippen molar-refractivity contribution in [3.8, 4) is 0 Å². The van der Waals surface area contributed by atoms with Crippen LogP contribution in [0.5, 0.6) is 0 Å². The number of hydrogen-bond donors (Lipinski definition) is 1. The fraction of sp³-hybridized carbons (Fsp3) is 0.200. The van der Waals surface area contributed by atoms with E-state index < -0.39 is 0 Å². The molecule has 1 rings (SSSR count). The maximum atomic E-state index is 3.05. The minimum atomic E-state index is 0.991. The van der Waals surface area contributed by atoms with E-state index in [9.17, 15) is 0 Å². The van der Waals surface area contributed by atoms with E-state index in [0.29, 0.717) is 0 Å². The highest BCUT2D eigenvalue weighted by Gasteiger charge is 1.78. The van der Waals surface area contributed by atoms with Crippen molar-refractivity contribution in [1.29, 1.82) is 0 Å². The number of rotatable bonds is 0. The summed E-state index contributed by atoms with van der Waals surface area (Å²) in [5.74, 6) is 0. The summed E-state index contributed by atoms with van der Waals surface area (Å²) >= 11 is 0. The van der Waals surface area contributed by atoms with Gasteiger partial charge in [-0.25, -0.2) is 0 Å². The van der Waals surface area contributed by atoms with E-state index >= 15 is 0 Å². The van der Waals surface area contributed by atoms with Gasteiger partial charge >= 0.3 is 0 Å². The molecule has 1 heterocycles. The van der Waals surface area contributed by atoms with Gasteiger partial charge in [0.1, 0.15) is 0 Å². The summed E-state index contributed by atoms with van der Waals surface area (Å²) in [6, 6.07) is 0. The maximum absolute atomic E-state index is 3.05. The smallest absolute Gasteiger partial charge is 0.000694 e. The summed E-state index contributed by atoms with van der Waals surface area (Å²) in [7, 11) is 0. The molecule has 1 aliphatic rings. The Bertz CT molecular complexity index is 219. The maximum Gasteiger partial charge on any atom is 0.000694 e. The van der Waals surface area contributed by atoms with E-state index in [0.717, 1.165) is 6.42 Å². The predicted octanol–water partition coefficient (Wildman–Crippen LogP) is 2.51. The van der Waals surface area contributed by atoms with Gasteiger partial charge in [0.2, 0.25) is 0 Å². The van der Waals surface area contributed by atoms with E-state index in [1.165, 1.54) is 5.57 Å². The van der Waals surface area contributed by atoms with Crippen LogP contribution in [0, 0.1) is 0 Å². The molecule has 0 saturated carbocycles. The fourth-order valence-corrected chi connectivity index (χ4v) is 0.804. The quantitative estimate of drug-likeness (QED) is 0.555. The van der Waals surface area contributed by atoms with Crippen molar-refractivity contribution >= 4 is 0 Å². The summed E-state index contributed by atoms with van der Waals surface area (Å²) in [6.07, 6.45) is 15.3. The third-order valence-electron chi connectivity index (χ3n) is 1.42. The minimum absolute atomic E-state index is 0.991. The molecule has 0 aromatic carbocycles. The summed E-state index contributed by atoms with van der Waals surface area (Å²) in [6.45, 7) is 2.08. The third kappa shape index (κ3) is 3.46. The molecule has 0 bridgehead atoms. The highest BCUT2D eigenvalue weighted by molar-refractivity contribution is 5.22. The van der Waals surface area contributed by atoms with Crippen molar-refractivity contribution in [2.24, 2.45) is 0 Å². The van der Waals surface area contributed by atoms with Crippen LogP contribution >= 0.6 is 0 Å². The van der Waals surface area contributed by atoms with E-state index in [1.807, 2.05) is 18.5 Å². The van der Waals surface area contributed by atoms with Gasteiger partial charge in [0.25, 0.3) is 0 Å². The fourth-order valence-electron chi connectivity index (χ4n) is 0.804. The van der Waals surface area contributed by atoms with Crippen LogP contribution in [0.15, 0.2) is 48.4 Å². The molecule has 11 heavy (non-hydrogen) atoms. The van der Waals surface area contributed by atoms with Gasteiger partial charge in [-0.3, -0.25) is 0 Å². The first kappa shape index (κ1) is 7.86. The predicted molar refractivity (Wildman–Crippen MR) is 48.9 cm³/mol. The lowest BCUT2D eigenvalue weighted by atomic mass is 10.2. The molecule has 0 aromatic heterocycles. The molecule has 0 amide bonds. The standard InChI is InChI=1S/C10H13N/c1-10-6-4-2-3-5-8-11-9-7-10/h2,4-9,11H,3H2,1H3/b4-2+,8-5-,9-7+,10-6-. The molecule has 0 unspecified atom stereocenters. The Morgan fingerprint density at radius 3 is 3.09 bits per heavy atom. The van der Waals surface area contributed by atoms with Gasteiger partial charge in [0.15, 0.2) is 0 Å². The second kappa shape index (κ2) is 4.56. The second-order valence-electron chi connectivity index (χ2n) is 2.48.